The largest absolute Gasteiger partial charge is 0.383 e. The van der Waals surface area contributed by atoms with Crippen molar-refractivity contribution < 1.29 is 0 Å². The lowest BCUT2D eigenvalue weighted by Gasteiger charge is -2.11. The molecule has 0 radical (unpaired) electrons. The number of hydrogen-bond donors (Lipinski definition) is 1. The summed E-state index contributed by atoms with van der Waals surface area (Å²) in [5.41, 5.74) is 8.32. The number of anilines is 1. The van der Waals surface area contributed by atoms with Crippen LogP contribution in [0.4, 0.5) is 5.82 Å². The van der Waals surface area contributed by atoms with Crippen LogP contribution in [0, 0.1) is 3.57 Å². The first kappa shape index (κ1) is 14.2. The van der Waals surface area contributed by atoms with E-state index in [0.717, 1.165) is 27.9 Å². The second kappa shape index (κ2) is 6.32. The van der Waals surface area contributed by atoms with Gasteiger partial charge in [-0.25, -0.2) is 9.97 Å². The van der Waals surface area contributed by atoms with Crippen LogP contribution in [0.15, 0.2) is 30.3 Å². The first-order valence-corrected chi connectivity index (χ1v) is 7.51. The maximum absolute atomic E-state index is 5.97. The molecule has 0 spiro atoms. The van der Waals surface area contributed by atoms with Crippen molar-refractivity contribution in [1.29, 1.82) is 0 Å². The Hall–Kier alpha value is -1.17. The fourth-order valence-electron chi connectivity index (χ4n) is 1.93. The zero-order chi connectivity index (χ0) is 13.8. The van der Waals surface area contributed by atoms with Crippen molar-refractivity contribution in [2.75, 3.05) is 5.73 Å². The summed E-state index contributed by atoms with van der Waals surface area (Å²) in [6, 6.07) is 10.4. The monoisotopic (exact) mass is 367 g/mol. The number of halogens is 1. The molecule has 0 saturated carbocycles. The Morgan fingerprint density at radius 2 is 1.79 bits per heavy atom. The van der Waals surface area contributed by atoms with Crippen LogP contribution >= 0.6 is 22.6 Å². The molecule has 0 bridgehead atoms. The van der Waals surface area contributed by atoms with Crippen LogP contribution in [0.25, 0.3) is 0 Å². The van der Waals surface area contributed by atoms with E-state index in [2.05, 4.69) is 70.7 Å². The molecule has 0 amide bonds. The molecule has 1 aromatic heterocycles. The average Bonchev–Trinajstić information content (AvgIpc) is 2.41. The van der Waals surface area contributed by atoms with E-state index in [4.69, 9.17) is 5.73 Å². The SMILES string of the molecule is CC(C)c1nc(CCc2ccccc2)nc(N)c1I. The molecule has 1 heterocycles. The third-order valence-electron chi connectivity index (χ3n) is 2.98. The number of hydrogen-bond acceptors (Lipinski definition) is 3. The van der Waals surface area contributed by atoms with Gasteiger partial charge in [0, 0.05) is 6.42 Å². The standard InChI is InChI=1S/C15H18IN3/c1-10(2)14-13(16)15(17)19-12(18-14)9-8-11-6-4-3-5-7-11/h3-7,10H,8-9H2,1-2H3,(H2,17,18,19). The van der Waals surface area contributed by atoms with Gasteiger partial charge in [-0.3, -0.25) is 0 Å². The highest BCUT2D eigenvalue weighted by Gasteiger charge is 2.12. The van der Waals surface area contributed by atoms with Crippen LogP contribution in [-0.4, -0.2) is 9.97 Å². The summed E-state index contributed by atoms with van der Waals surface area (Å²) in [5.74, 6) is 1.81. The van der Waals surface area contributed by atoms with Crippen molar-refractivity contribution in [3.05, 3.63) is 51.0 Å². The van der Waals surface area contributed by atoms with Crippen LogP contribution < -0.4 is 5.73 Å². The van der Waals surface area contributed by atoms with E-state index in [1.54, 1.807) is 0 Å². The van der Waals surface area contributed by atoms with E-state index in [0.29, 0.717) is 11.7 Å². The molecular weight excluding hydrogens is 349 g/mol. The number of nitrogens with zero attached hydrogens (tertiary/aromatic N) is 2. The van der Waals surface area contributed by atoms with Gasteiger partial charge in [0.2, 0.25) is 0 Å². The van der Waals surface area contributed by atoms with Crippen LogP contribution in [0.5, 0.6) is 0 Å². The molecule has 2 aromatic rings. The van der Waals surface area contributed by atoms with Gasteiger partial charge < -0.3 is 5.73 Å². The molecule has 2 N–H and O–H groups in total. The first-order valence-electron chi connectivity index (χ1n) is 6.43. The number of aromatic nitrogens is 2. The summed E-state index contributed by atoms with van der Waals surface area (Å²) in [5, 5.41) is 0. The number of aryl methyl sites for hydroxylation is 2. The van der Waals surface area contributed by atoms with Gasteiger partial charge in [0.1, 0.15) is 11.6 Å². The third kappa shape index (κ3) is 3.65. The highest BCUT2D eigenvalue weighted by atomic mass is 127. The lowest BCUT2D eigenvalue weighted by atomic mass is 10.1. The Labute approximate surface area is 127 Å². The van der Waals surface area contributed by atoms with Crippen molar-refractivity contribution in [3.8, 4) is 0 Å². The van der Waals surface area contributed by atoms with Crippen molar-refractivity contribution in [2.45, 2.75) is 32.6 Å². The van der Waals surface area contributed by atoms with Crippen LogP contribution in [0.3, 0.4) is 0 Å². The Bertz CT molecular complexity index is 553. The molecule has 100 valence electrons. The van der Waals surface area contributed by atoms with Crippen molar-refractivity contribution in [2.24, 2.45) is 0 Å². The van der Waals surface area contributed by atoms with Crippen molar-refractivity contribution >= 4 is 28.4 Å². The molecule has 0 unspecified atom stereocenters. The first-order chi connectivity index (χ1) is 9.08. The molecule has 0 aliphatic carbocycles. The summed E-state index contributed by atoms with van der Waals surface area (Å²) in [4.78, 5) is 9.04. The maximum Gasteiger partial charge on any atom is 0.140 e. The molecular formula is C15H18IN3. The quantitative estimate of drug-likeness (QED) is 0.841. The highest BCUT2D eigenvalue weighted by molar-refractivity contribution is 14.1. The van der Waals surface area contributed by atoms with Gasteiger partial charge in [-0.2, -0.15) is 0 Å². The number of nitrogen functional groups attached to an aromatic ring is 1. The summed E-state index contributed by atoms with van der Waals surface area (Å²) in [6.45, 7) is 4.26. The zero-order valence-electron chi connectivity index (χ0n) is 11.2. The minimum atomic E-state index is 0.368. The predicted molar refractivity (Wildman–Crippen MR) is 87.1 cm³/mol. The summed E-state index contributed by atoms with van der Waals surface area (Å²) in [7, 11) is 0. The van der Waals surface area contributed by atoms with Crippen LogP contribution in [0.1, 0.15) is 36.8 Å². The number of benzene rings is 1. The molecule has 0 saturated heterocycles. The zero-order valence-corrected chi connectivity index (χ0v) is 13.4. The maximum atomic E-state index is 5.97. The average molecular weight is 367 g/mol. The second-order valence-electron chi connectivity index (χ2n) is 4.86. The van der Waals surface area contributed by atoms with Crippen LogP contribution in [-0.2, 0) is 12.8 Å². The predicted octanol–water partition coefficient (Wildman–Crippen LogP) is 3.57. The summed E-state index contributed by atoms with van der Waals surface area (Å²) < 4.78 is 0.982. The van der Waals surface area contributed by atoms with E-state index in [1.807, 2.05) is 6.07 Å². The smallest absolute Gasteiger partial charge is 0.140 e. The number of rotatable bonds is 4. The Morgan fingerprint density at radius 3 is 2.42 bits per heavy atom. The molecule has 0 aliphatic rings. The molecule has 2 rings (SSSR count). The van der Waals surface area contributed by atoms with Gasteiger partial charge in [-0.05, 0) is 40.5 Å². The fraction of sp³-hybridized carbons (Fsp3) is 0.333. The molecule has 4 heteroatoms. The van der Waals surface area contributed by atoms with Crippen molar-refractivity contribution in [1.82, 2.24) is 9.97 Å². The molecule has 1 aromatic carbocycles. The van der Waals surface area contributed by atoms with E-state index in [9.17, 15) is 0 Å². The minimum Gasteiger partial charge on any atom is -0.383 e. The van der Waals surface area contributed by atoms with E-state index >= 15 is 0 Å². The van der Waals surface area contributed by atoms with Crippen molar-refractivity contribution in [3.63, 3.8) is 0 Å². The Balaban J connectivity index is 2.17. The van der Waals surface area contributed by atoms with Gasteiger partial charge >= 0.3 is 0 Å². The second-order valence-corrected chi connectivity index (χ2v) is 5.94. The third-order valence-corrected chi connectivity index (χ3v) is 4.08. The van der Waals surface area contributed by atoms with Gasteiger partial charge in [-0.15, -0.1) is 0 Å². The summed E-state index contributed by atoms with van der Waals surface area (Å²) in [6.07, 6.45) is 1.77. The fourth-order valence-corrected chi connectivity index (χ4v) is 2.79. The lowest BCUT2D eigenvalue weighted by Crippen LogP contribution is -2.09. The highest BCUT2D eigenvalue weighted by Crippen LogP contribution is 2.23. The Morgan fingerprint density at radius 1 is 1.11 bits per heavy atom. The molecule has 3 nitrogen and oxygen atoms in total. The molecule has 0 aliphatic heterocycles. The topological polar surface area (TPSA) is 51.8 Å². The minimum absolute atomic E-state index is 0.368. The van der Waals surface area contributed by atoms with Gasteiger partial charge in [-0.1, -0.05) is 44.2 Å². The normalized spacial score (nSPS) is 10.9. The molecule has 0 atom stereocenters. The molecule has 19 heavy (non-hydrogen) atoms. The van der Waals surface area contributed by atoms with E-state index in [-0.39, 0.29) is 0 Å². The van der Waals surface area contributed by atoms with Crippen LogP contribution in [0.2, 0.25) is 0 Å². The summed E-state index contributed by atoms with van der Waals surface area (Å²) >= 11 is 2.23. The van der Waals surface area contributed by atoms with E-state index < -0.39 is 0 Å². The van der Waals surface area contributed by atoms with Gasteiger partial charge in [0.15, 0.2) is 0 Å². The van der Waals surface area contributed by atoms with Gasteiger partial charge in [0.25, 0.3) is 0 Å². The lowest BCUT2D eigenvalue weighted by molar-refractivity contribution is 0.766. The van der Waals surface area contributed by atoms with E-state index in [1.165, 1.54) is 5.56 Å². The number of nitrogens with two attached hydrogens (primary N) is 1. The Kier molecular flexibility index (Phi) is 4.74. The molecule has 0 fully saturated rings. The van der Waals surface area contributed by atoms with Gasteiger partial charge in [0.05, 0.1) is 9.26 Å².